The van der Waals surface area contributed by atoms with E-state index in [-0.39, 0.29) is 47.3 Å². The number of carbonyl (C=O) groups excluding carboxylic acids is 2. The zero-order valence-electron chi connectivity index (χ0n) is 15.6. The van der Waals surface area contributed by atoms with Crippen LogP contribution in [0.5, 0.6) is 11.5 Å². The van der Waals surface area contributed by atoms with Gasteiger partial charge in [0.25, 0.3) is 0 Å². The molecule has 26 heavy (non-hydrogen) atoms. The SMILES string of the molecule is COc1ccc(C=CC(=O)N[C@H]2CC[C@H](C)CC2)cc1OCC(=O)[O-].[Na+]. The Balaban J connectivity index is 0.00000338. The minimum Gasteiger partial charge on any atom is -0.546 e. The Bertz CT molecular complexity index is 639. The fourth-order valence-electron chi connectivity index (χ4n) is 2.87. The quantitative estimate of drug-likeness (QED) is 0.469. The fraction of sp³-hybridized carbons (Fsp3) is 0.474. The monoisotopic (exact) mass is 369 g/mol. The topological polar surface area (TPSA) is 87.7 Å². The summed E-state index contributed by atoms with van der Waals surface area (Å²) in [5.41, 5.74) is 0.710. The normalized spacial score (nSPS) is 19.5. The molecule has 1 fully saturated rings. The largest absolute Gasteiger partial charge is 1.00 e. The second-order valence-electron chi connectivity index (χ2n) is 6.37. The van der Waals surface area contributed by atoms with Crippen LogP contribution in [-0.2, 0) is 9.59 Å². The standard InChI is InChI=1S/C19H25NO5.Na/c1-13-3-7-15(8-4-13)20-18(21)10-6-14-5-9-16(24-2)17(11-14)25-12-19(22)23;/h5-6,9-11,13,15H,3-4,7-8,12H2,1-2H3,(H,20,21)(H,22,23);/q;+1/p-1/t13-,15-;. The molecule has 1 aromatic carbocycles. The van der Waals surface area contributed by atoms with E-state index in [1.54, 1.807) is 24.3 Å². The van der Waals surface area contributed by atoms with Gasteiger partial charge in [-0.1, -0.05) is 13.0 Å². The maximum absolute atomic E-state index is 12.0. The van der Waals surface area contributed by atoms with Gasteiger partial charge in [-0.05, 0) is 55.4 Å². The molecule has 7 heteroatoms. The molecule has 1 saturated carbocycles. The van der Waals surface area contributed by atoms with E-state index >= 15 is 0 Å². The Morgan fingerprint density at radius 2 is 1.92 bits per heavy atom. The van der Waals surface area contributed by atoms with Crippen molar-refractivity contribution in [2.75, 3.05) is 13.7 Å². The van der Waals surface area contributed by atoms with Gasteiger partial charge in [0.05, 0.1) is 13.1 Å². The number of nitrogens with one attached hydrogen (secondary N) is 1. The van der Waals surface area contributed by atoms with Crippen LogP contribution in [0.1, 0.15) is 38.2 Å². The Morgan fingerprint density at radius 3 is 2.54 bits per heavy atom. The molecule has 0 spiro atoms. The number of carbonyl (C=O) groups is 2. The predicted octanol–water partition coefficient (Wildman–Crippen LogP) is -1.46. The Kier molecular flexibility index (Phi) is 9.76. The number of ether oxygens (including phenoxy) is 2. The van der Waals surface area contributed by atoms with E-state index in [1.807, 2.05) is 0 Å². The third-order valence-electron chi connectivity index (χ3n) is 4.32. The van der Waals surface area contributed by atoms with Gasteiger partial charge in [-0.25, -0.2) is 0 Å². The van der Waals surface area contributed by atoms with Crippen LogP contribution in [0, 0.1) is 5.92 Å². The number of benzene rings is 1. The van der Waals surface area contributed by atoms with Gasteiger partial charge < -0.3 is 24.7 Å². The van der Waals surface area contributed by atoms with Crippen LogP contribution >= 0.6 is 0 Å². The third-order valence-corrected chi connectivity index (χ3v) is 4.32. The Hall–Kier alpha value is -1.50. The van der Waals surface area contributed by atoms with Gasteiger partial charge in [-0.2, -0.15) is 0 Å². The number of carboxylic acid groups (broad SMARTS) is 1. The van der Waals surface area contributed by atoms with Crippen LogP contribution in [0.2, 0.25) is 0 Å². The van der Waals surface area contributed by atoms with Gasteiger partial charge in [-0.3, -0.25) is 4.79 Å². The summed E-state index contributed by atoms with van der Waals surface area (Å²) in [5, 5.41) is 13.6. The van der Waals surface area contributed by atoms with E-state index in [1.165, 1.54) is 13.2 Å². The summed E-state index contributed by atoms with van der Waals surface area (Å²) >= 11 is 0. The van der Waals surface area contributed by atoms with Crippen molar-refractivity contribution in [3.05, 3.63) is 29.8 Å². The van der Waals surface area contributed by atoms with Crippen LogP contribution in [0.4, 0.5) is 0 Å². The molecule has 0 radical (unpaired) electrons. The molecule has 136 valence electrons. The summed E-state index contributed by atoms with van der Waals surface area (Å²) < 4.78 is 10.3. The molecule has 0 aliphatic heterocycles. The van der Waals surface area contributed by atoms with Crippen molar-refractivity contribution in [1.29, 1.82) is 0 Å². The second-order valence-corrected chi connectivity index (χ2v) is 6.37. The zero-order chi connectivity index (χ0) is 18.2. The molecular weight excluding hydrogens is 345 g/mol. The summed E-state index contributed by atoms with van der Waals surface area (Å²) in [7, 11) is 1.47. The summed E-state index contributed by atoms with van der Waals surface area (Å²) in [5.74, 6) is -0.00567. The molecule has 0 unspecified atom stereocenters. The van der Waals surface area contributed by atoms with Gasteiger partial charge in [0, 0.05) is 12.1 Å². The summed E-state index contributed by atoms with van der Waals surface area (Å²) in [6.45, 7) is 1.67. The smallest absolute Gasteiger partial charge is 0.546 e. The average Bonchev–Trinajstić information content (AvgIpc) is 2.60. The van der Waals surface area contributed by atoms with Gasteiger partial charge >= 0.3 is 29.6 Å². The van der Waals surface area contributed by atoms with Gasteiger partial charge in [0.1, 0.15) is 6.61 Å². The van der Waals surface area contributed by atoms with E-state index in [9.17, 15) is 14.7 Å². The number of hydrogen-bond donors (Lipinski definition) is 1. The van der Waals surface area contributed by atoms with Crippen molar-refractivity contribution >= 4 is 18.0 Å². The molecule has 0 bridgehead atoms. The maximum Gasteiger partial charge on any atom is 1.00 e. The molecule has 1 aliphatic rings. The number of carboxylic acids is 1. The first kappa shape index (κ1) is 22.5. The molecule has 2 rings (SSSR count). The zero-order valence-corrected chi connectivity index (χ0v) is 17.6. The molecule has 0 aromatic heterocycles. The number of rotatable bonds is 7. The number of methoxy groups -OCH3 is 1. The van der Waals surface area contributed by atoms with Crippen molar-refractivity contribution in [3.63, 3.8) is 0 Å². The van der Waals surface area contributed by atoms with E-state index in [0.717, 1.165) is 31.6 Å². The first-order valence-electron chi connectivity index (χ1n) is 8.47. The van der Waals surface area contributed by atoms with Gasteiger partial charge in [0.15, 0.2) is 11.5 Å². The molecule has 1 amide bonds. The minimum atomic E-state index is -1.32. The van der Waals surface area contributed by atoms with Crippen LogP contribution in [0.15, 0.2) is 24.3 Å². The van der Waals surface area contributed by atoms with Crippen molar-refractivity contribution < 1.29 is 53.7 Å². The third kappa shape index (κ3) is 7.40. The molecule has 0 saturated heterocycles. The van der Waals surface area contributed by atoms with Crippen LogP contribution < -0.4 is 49.5 Å². The molecule has 1 N–H and O–H groups in total. The Morgan fingerprint density at radius 1 is 1.23 bits per heavy atom. The van der Waals surface area contributed by atoms with Crippen molar-refractivity contribution in [2.24, 2.45) is 5.92 Å². The average molecular weight is 369 g/mol. The molecule has 1 aliphatic carbocycles. The number of amides is 1. The van der Waals surface area contributed by atoms with Crippen molar-refractivity contribution in [3.8, 4) is 11.5 Å². The van der Waals surface area contributed by atoms with E-state index in [2.05, 4.69) is 12.2 Å². The first-order chi connectivity index (χ1) is 12.0. The van der Waals surface area contributed by atoms with E-state index < -0.39 is 12.6 Å². The van der Waals surface area contributed by atoms with E-state index in [4.69, 9.17) is 9.47 Å². The van der Waals surface area contributed by atoms with Gasteiger partial charge in [-0.15, -0.1) is 0 Å². The van der Waals surface area contributed by atoms with Crippen LogP contribution in [0.25, 0.3) is 6.08 Å². The first-order valence-corrected chi connectivity index (χ1v) is 8.47. The number of hydrogen-bond acceptors (Lipinski definition) is 5. The van der Waals surface area contributed by atoms with Crippen LogP contribution in [-0.4, -0.2) is 31.6 Å². The molecule has 0 atom stereocenters. The molecular formula is C19H24NNaO5. The van der Waals surface area contributed by atoms with Gasteiger partial charge in [0.2, 0.25) is 5.91 Å². The summed E-state index contributed by atoms with van der Waals surface area (Å²) in [4.78, 5) is 22.6. The minimum absolute atomic E-state index is 0. The summed E-state index contributed by atoms with van der Waals surface area (Å²) in [6, 6.07) is 5.28. The molecule has 6 nitrogen and oxygen atoms in total. The predicted molar refractivity (Wildman–Crippen MR) is 92.1 cm³/mol. The Labute approximate surface area is 176 Å². The van der Waals surface area contributed by atoms with Crippen molar-refractivity contribution in [2.45, 2.75) is 38.6 Å². The number of aliphatic carboxylic acids is 1. The molecule has 0 heterocycles. The second kappa shape index (κ2) is 11.3. The maximum atomic E-state index is 12.0. The fourth-order valence-corrected chi connectivity index (χ4v) is 2.87. The van der Waals surface area contributed by atoms with E-state index in [0.29, 0.717) is 11.3 Å². The summed E-state index contributed by atoms with van der Waals surface area (Å²) in [6.07, 6.45) is 7.46. The van der Waals surface area contributed by atoms with Crippen LogP contribution in [0.3, 0.4) is 0 Å². The van der Waals surface area contributed by atoms with Crippen molar-refractivity contribution in [1.82, 2.24) is 5.32 Å². The molecule has 1 aromatic rings.